The van der Waals surface area contributed by atoms with Crippen LogP contribution in [0.2, 0.25) is 0 Å². The van der Waals surface area contributed by atoms with Crippen LogP contribution in [0.5, 0.6) is 0 Å². The summed E-state index contributed by atoms with van der Waals surface area (Å²) in [5.74, 6) is -0.898. The molecule has 0 heterocycles. The number of anilines is 1. The number of benzene rings is 1. The zero-order chi connectivity index (χ0) is 10.4. The second kappa shape index (κ2) is 4.91. The van der Waals surface area contributed by atoms with Crippen molar-refractivity contribution in [2.75, 3.05) is 5.32 Å². The first-order valence-electron chi connectivity index (χ1n) is 3.91. The van der Waals surface area contributed by atoms with E-state index in [0.717, 1.165) is 12.2 Å². The molecule has 0 saturated carbocycles. The fourth-order valence-electron chi connectivity index (χ4n) is 0.877. The molecule has 0 spiro atoms. The summed E-state index contributed by atoms with van der Waals surface area (Å²) in [6.07, 6.45) is 2.62. The Bertz CT molecular complexity index is 374. The van der Waals surface area contributed by atoms with Crippen LogP contribution in [0.4, 0.5) is 10.1 Å². The minimum atomic E-state index is -0.470. The largest absolute Gasteiger partial charge is 0.322 e. The summed E-state index contributed by atoms with van der Waals surface area (Å²) in [7, 11) is 0. The van der Waals surface area contributed by atoms with Crippen molar-refractivity contribution in [3.63, 3.8) is 0 Å². The molecule has 72 valence electrons. The molecule has 0 aromatic heterocycles. The fourth-order valence-corrected chi connectivity index (χ4v) is 0.877. The normalized spacial score (nSPS) is 10.1. The minimum absolute atomic E-state index is 0.352. The van der Waals surface area contributed by atoms with Crippen molar-refractivity contribution in [2.45, 2.75) is 0 Å². The second-order valence-electron chi connectivity index (χ2n) is 2.49. The lowest BCUT2D eigenvalue weighted by Crippen LogP contribution is -2.07. The highest BCUT2D eigenvalue weighted by Crippen LogP contribution is 2.08. The van der Waals surface area contributed by atoms with Crippen molar-refractivity contribution in [3.8, 4) is 0 Å². The Hall–Kier alpha value is -1.97. The number of nitrogens with one attached hydrogen (secondary N) is 1. The lowest BCUT2D eigenvalue weighted by atomic mass is 10.3. The van der Waals surface area contributed by atoms with Crippen LogP contribution in [0, 0.1) is 5.82 Å². The summed E-state index contributed by atoms with van der Waals surface area (Å²) in [5, 5.41) is 2.39. The third-order valence-corrected chi connectivity index (χ3v) is 1.42. The quantitative estimate of drug-likeness (QED) is 0.584. The summed E-state index contributed by atoms with van der Waals surface area (Å²) < 4.78 is 12.6. The molecule has 1 N–H and O–H groups in total. The fraction of sp³-hybridized carbons (Fsp3) is 0. The van der Waals surface area contributed by atoms with Gasteiger partial charge in [0, 0.05) is 11.8 Å². The molecule has 0 bridgehead atoms. The Morgan fingerprint density at radius 1 is 1.43 bits per heavy atom. The van der Waals surface area contributed by atoms with E-state index in [2.05, 4.69) is 5.32 Å². The number of carbonyl (C=O) groups is 2. The van der Waals surface area contributed by atoms with Crippen molar-refractivity contribution in [3.05, 3.63) is 42.2 Å². The smallest absolute Gasteiger partial charge is 0.248 e. The molecule has 1 aromatic carbocycles. The molecule has 3 nitrogen and oxygen atoms in total. The predicted octanol–water partition coefficient (Wildman–Crippen LogP) is 1.52. The molecule has 0 aliphatic carbocycles. The number of hydrogen-bond acceptors (Lipinski definition) is 2. The van der Waals surface area contributed by atoms with Gasteiger partial charge in [-0.3, -0.25) is 9.59 Å². The number of halogens is 1. The van der Waals surface area contributed by atoms with Crippen molar-refractivity contribution < 1.29 is 14.0 Å². The molecule has 0 unspecified atom stereocenters. The van der Waals surface area contributed by atoms with E-state index in [0.29, 0.717) is 12.0 Å². The van der Waals surface area contributed by atoms with Gasteiger partial charge in [-0.1, -0.05) is 6.07 Å². The van der Waals surface area contributed by atoms with Gasteiger partial charge in [0.2, 0.25) is 5.91 Å². The van der Waals surface area contributed by atoms with E-state index >= 15 is 0 Å². The van der Waals surface area contributed by atoms with Gasteiger partial charge in [0.25, 0.3) is 0 Å². The first-order valence-corrected chi connectivity index (χ1v) is 3.91. The van der Waals surface area contributed by atoms with E-state index in [1.165, 1.54) is 18.2 Å². The van der Waals surface area contributed by atoms with Crippen molar-refractivity contribution in [2.24, 2.45) is 0 Å². The minimum Gasteiger partial charge on any atom is -0.322 e. The predicted molar refractivity (Wildman–Crippen MR) is 50.2 cm³/mol. The van der Waals surface area contributed by atoms with E-state index in [-0.39, 0.29) is 0 Å². The van der Waals surface area contributed by atoms with Crippen LogP contribution in [-0.4, -0.2) is 12.2 Å². The molecule has 0 aliphatic rings. The van der Waals surface area contributed by atoms with Crippen LogP contribution in [0.25, 0.3) is 0 Å². The van der Waals surface area contributed by atoms with Crippen LogP contribution < -0.4 is 5.32 Å². The van der Waals surface area contributed by atoms with E-state index in [1.807, 2.05) is 0 Å². The molecule has 4 heteroatoms. The third-order valence-electron chi connectivity index (χ3n) is 1.42. The lowest BCUT2D eigenvalue weighted by molar-refractivity contribution is -0.112. The number of hydrogen-bond donors (Lipinski definition) is 1. The van der Waals surface area contributed by atoms with Crippen molar-refractivity contribution in [1.29, 1.82) is 0 Å². The van der Waals surface area contributed by atoms with Crippen LogP contribution in [0.3, 0.4) is 0 Å². The van der Waals surface area contributed by atoms with E-state index in [1.54, 1.807) is 6.07 Å². The van der Waals surface area contributed by atoms with E-state index in [9.17, 15) is 14.0 Å². The monoisotopic (exact) mass is 193 g/mol. The van der Waals surface area contributed by atoms with Gasteiger partial charge in [0.15, 0.2) is 0 Å². The highest BCUT2D eigenvalue weighted by molar-refractivity contribution is 6.00. The molecule has 1 rings (SSSR count). The van der Waals surface area contributed by atoms with Crippen LogP contribution in [0.15, 0.2) is 36.4 Å². The first kappa shape index (κ1) is 10.1. The van der Waals surface area contributed by atoms with Crippen molar-refractivity contribution >= 4 is 17.9 Å². The Morgan fingerprint density at radius 2 is 2.21 bits per heavy atom. The summed E-state index contributed by atoms with van der Waals surface area (Å²) in [4.78, 5) is 20.9. The molecule has 0 radical (unpaired) electrons. The number of amides is 1. The highest BCUT2D eigenvalue weighted by atomic mass is 19.1. The molecular weight excluding hydrogens is 185 g/mol. The number of carbonyl (C=O) groups excluding carboxylic acids is 2. The van der Waals surface area contributed by atoms with Crippen LogP contribution >= 0.6 is 0 Å². The number of allylic oxidation sites excluding steroid dienone is 1. The molecular formula is C10H8FNO2. The molecule has 0 atom stereocenters. The number of rotatable bonds is 3. The molecule has 1 aromatic rings. The average Bonchev–Trinajstić information content (AvgIpc) is 2.15. The first-order chi connectivity index (χ1) is 6.72. The highest BCUT2D eigenvalue weighted by Gasteiger charge is 1.97. The Morgan fingerprint density at radius 3 is 2.86 bits per heavy atom. The van der Waals surface area contributed by atoms with Gasteiger partial charge in [-0.05, 0) is 24.3 Å². The van der Waals surface area contributed by atoms with Gasteiger partial charge in [-0.15, -0.1) is 0 Å². The summed E-state index contributed by atoms with van der Waals surface area (Å²) in [6, 6.07) is 5.49. The van der Waals surface area contributed by atoms with Gasteiger partial charge in [0.05, 0.1) is 0 Å². The maximum Gasteiger partial charge on any atom is 0.248 e. The maximum atomic E-state index is 12.6. The zero-order valence-electron chi connectivity index (χ0n) is 7.24. The van der Waals surface area contributed by atoms with Crippen molar-refractivity contribution in [1.82, 2.24) is 0 Å². The second-order valence-corrected chi connectivity index (χ2v) is 2.49. The standard InChI is InChI=1S/C10H8FNO2/c11-8-3-1-4-9(7-8)12-10(14)5-2-6-13/h1-7H,(H,12,14)/b5-2-. The van der Waals surface area contributed by atoms with E-state index < -0.39 is 11.7 Å². The van der Waals surface area contributed by atoms with Gasteiger partial charge >= 0.3 is 0 Å². The van der Waals surface area contributed by atoms with Gasteiger partial charge in [0.1, 0.15) is 12.1 Å². The maximum absolute atomic E-state index is 12.6. The Balaban J connectivity index is 2.64. The Labute approximate surface area is 80.2 Å². The summed E-state index contributed by atoms with van der Waals surface area (Å²) in [6.45, 7) is 0. The Kier molecular flexibility index (Phi) is 3.55. The van der Waals surface area contributed by atoms with Gasteiger partial charge in [-0.25, -0.2) is 4.39 Å². The van der Waals surface area contributed by atoms with E-state index in [4.69, 9.17) is 0 Å². The topological polar surface area (TPSA) is 46.2 Å². The zero-order valence-corrected chi connectivity index (χ0v) is 7.24. The summed E-state index contributed by atoms with van der Waals surface area (Å²) >= 11 is 0. The van der Waals surface area contributed by atoms with Gasteiger partial charge < -0.3 is 5.32 Å². The summed E-state index contributed by atoms with van der Waals surface area (Å²) in [5.41, 5.74) is 0.352. The molecule has 0 saturated heterocycles. The van der Waals surface area contributed by atoms with Crippen LogP contribution in [-0.2, 0) is 9.59 Å². The molecule has 1 amide bonds. The molecule has 0 fully saturated rings. The van der Waals surface area contributed by atoms with Gasteiger partial charge in [-0.2, -0.15) is 0 Å². The SMILES string of the molecule is O=C/C=C\C(=O)Nc1cccc(F)c1. The molecule has 14 heavy (non-hydrogen) atoms. The molecule has 0 aliphatic heterocycles. The lowest BCUT2D eigenvalue weighted by Gasteiger charge is -2.00. The van der Waals surface area contributed by atoms with Crippen LogP contribution in [0.1, 0.15) is 0 Å². The number of aldehydes is 1. The average molecular weight is 193 g/mol. The third kappa shape index (κ3) is 3.18.